The number of hydrogen-bond donors (Lipinski definition) is 2. The van der Waals surface area contributed by atoms with Crippen molar-refractivity contribution in [1.82, 2.24) is 5.48 Å². The largest absolute Gasteiger partial charge is 0.289 e. The molecule has 0 aliphatic rings. The second-order valence-electron chi connectivity index (χ2n) is 0.476. The van der Waals surface area contributed by atoms with Gasteiger partial charge in [-0.2, -0.15) is 0 Å². The summed E-state index contributed by atoms with van der Waals surface area (Å²) in [6.45, 7) is 4.29. The molecule has 2 radical (unpaired) electrons. The monoisotopic (exact) mass is 73.0 g/mol. The van der Waals surface area contributed by atoms with E-state index >= 15 is 0 Å². The van der Waals surface area contributed by atoms with Crippen molar-refractivity contribution in [2.24, 2.45) is 0 Å². The minimum absolute atomic E-state index is 0.940. The highest BCUT2D eigenvalue weighted by molar-refractivity contribution is 5.78. The number of nitrogens with one attached hydrogen (secondary N) is 1. The van der Waals surface area contributed by atoms with Gasteiger partial charge in [0.15, 0.2) is 0 Å². The van der Waals surface area contributed by atoms with E-state index in [1.165, 1.54) is 5.48 Å². The van der Waals surface area contributed by atoms with Crippen LogP contribution in [-0.4, -0.2) is 11.1 Å². The van der Waals surface area contributed by atoms with Crippen molar-refractivity contribution >= 4 is 5.91 Å². The Balaban J connectivity index is 2.85. The predicted octanol–water partition coefficient (Wildman–Crippen LogP) is -0.797. The van der Waals surface area contributed by atoms with Crippen LogP contribution >= 0.6 is 0 Å². The van der Waals surface area contributed by atoms with Crippen molar-refractivity contribution < 1.29 is 10.0 Å². The lowest BCUT2D eigenvalue weighted by molar-refractivity contribution is -0.124. The summed E-state index contributed by atoms with van der Waals surface area (Å²) in [5.41, 5.74) is 1.17. The molecule has 28 valence electrons. The smallest absolute Gasteiger partial charge is 0.248 e. The molecule has 0 bridgehead atoms. The van der Waals surface area contributed by atoms with Gasteiger partial charge in [0.2, 0.25) is 5.91 Å². The zero-order chi connectivity index (χ0) is 4.28. The number of carbonyl (C=O) groups excluding carboxylic acids is 1. The van der Waals surface area contributed by atoms with Gasteiger partial charge in [-0.3, -0.25) is 10.0 Å². The van der Waals surface area contributed by atoms with Gasteiger partial charge in [-0.1, -0.05) is 0 Å². The van der Waals surface area contributed by atoms with E-state index in [0.29, 0.717) is 0 Å². The van der Waals surface area contributed by atoms with Crippen molar-refractivity contribution in [3.05, 3.63) is 6.92 Å². The molecule has 0 fully saturated rings. The Hall–Kier alpha value is -0.570. The average Bonchev–Trinajstić information content (AvgIpc) is 1.38. The van der Waals surface area contributed by atoms with Gasteiger partial charge in [-0.25, -0.2) is 5.48 Å². The maximum absolute atomic E-state index is 9.23. The highest BCUT2D eigenvalue weighted by Gasteiger charge is 1.75. The molecule has 0 aromatic rings. The molecule has 0 aliphatic carbocycles. The van der Waals surface area contributed by atoms with E-state index in [1.807, 2.05) is 0 Å². The Morgan fingerprint density at radius 3 is 2.20 bits per heavy atom. The molecule has 0 heterocycles. The standard InChI is InChI=1S/C2H3NO2/c1-2(4)3-5/h1,5H,(H,3,4). The molecular formula is C2H3NO2. The fraction of sp³-hybridized carbons (Fsp3) is 0. The fourth-order valence-corrected chi connectivity index (χ4v) is 0. The highest BCUT2D eigenvalue weighted by Crippen LogP contribution is 1.43. The second kappa shape index (κ2) is 1.72. The Morgan fingerprint density at radius 1 is 2.00 bits per heavy atom. The molecule has 1 amide bonds. The van der Waals surface area contributed by atoms with E-state index in [0.717, 1.165) is 0 Å². The molecular weight excluding hydrogens is 70.0 g/mol. The van der Waals surface area contributed by atoms with E-state index in [2.05, 4.69) is 6.92 Å². The lowest BCUT2D eigenvalue weighted by Gasteiger charge is -1.78. The third kappa shape index (κ3) is 3.43. The average molecular weight is 73.1 g/mol. The maximum atomic E-state index is 9.23. The maximum Gasteiger partial charge on any atom is 0.248 e. The van der Waals surface area contributed by atoms with Crippen LogP contribution in [0, 0.1) is 6.92 Å². The summed E-state index contributed by atoms with van der Waals surface area (Å²) in [4.78, 5) is 9.23. The molecule has 5 heavy (non-hydrogen) atoms. The van der Waals surface area contributed by atoms with Crippen LogP contribution in [0.3, 0.4) is 0 Å². The molecule has 0 rings (SSSR count). The van der Waals surface area contributed by atoms with Gasteiger partial charge in [0.1, 0.15) is 0 Å². The molecule has 3 nitrogen and oxygen atoms in total. The molecule has 2 N–H and O–H groups in total. The molecule has 0 spiro atoms. The first-order valence-electron chi connectivity index (χ1n) is 0.966. The normalized spacial score (nSPS) is 6.80. The van der Waals surface area contributed by atoms with Gasteiger partial charge in [0, 0.05) is 0 Å². The van der Waals surface area contributed by atoms with Crippen LogP contribution in [0.4, 0.5) is 0 Å². The Kier molecular flexibility index (Phi) is 1.53. The van der Waals surface area contributed by atoms with E-state index in [-0.39, 0.29) is 0 Å². The Bertz CT molecular complexity index is 42.9. The van der Waals surface area contributed by atoms with E-state index in [4.69, 9.17) is 5.21 Å². The fourth-order valence-electron chi connectivity index (χ4n) is 0. The molecule has 0 atom stereocenters. The van der Waals surface area contributed by atoms with Gasteiger partial charge in [0.25, 0.3) is 0 Å². The summed E-state index contributed by atoms with van der Waals surface area (Å²) < 4.78 is 0. The summed E-state index contributed by atoms with van der Waals surface area (Å²) in [5, 5.41) is 7.42. The van der Waals surface area contributed by atoms with Crippen molar-refractivity contribution in [1.29, 1.82) is 0 Å². The Morgan fingerprint density at radius 2 is 2.20 bits per heavy atom. The lowest BCUT2D eigenvalue weighted by Crippen LogP contribution is -2.13. The zero-order valence-corrected chi connectivity index (χ0v) is 2.43. The number of rotatable bonds is 0. The van der Waals surface area contributed by atoms with Crippen molar-refractivity contribution in [3.63, 3.8) is 0 Å². The Labute approximate surface area is 29.6 Å². The SMILES string of the molecule is [CH]C(=O)NO. The first-order valence-corrected chi connectivity index (χ1v) is 0.966. The van der Waals surface area contributed by atoms with Gasteiger partial charge in [0.05, 0.1) is 6.92 Å². The quantitative estimate of drug-likeness (QED) is 0.291. The molecule has 0 aromatic carbocycles. The van der Waals surface area contributed by atoms with Crippen molar-refractivity contribution in [2.45, 2.75) is 0 Å². The summed E-state index contributed by atoms with van der Waals surface area (Å²) in [6.07, 6.45) is 0. The minimum atomic E-state index is -0.940. The van der Waals surface area contributed by atoms with Gasteiger partial charge in [-0.15, -0.1) is 0 Å². The van der Waals surface area contributed by atoms with Crippen LogP contribution in [0.15, 0.2) is 0 Å². The first kappa shape index (κ1) is 4.43. The molecule has 0 aromatic heterocycles. The van der Waals surface area contributed by atoms with Crippen LogP contribution in [0.5, 0.6) is 0 Å². The van der Waals surface area contributed by atoms with Crippen LogP contribution in [0.1, 0.15) is 0 Å². The minimum Gasteiger partial charge on any atom is -0.289 e. The number of hydrogen-bond acceptors (Lipinski definition) is 2. The number of hydroxylamine groups is 1. The summed E-state index contributed by atoms with van der Waals surface area (Å²) in [6, 6.07) is 0. The number of amides is 1. The van der Waals surface area contributed by atoms with Crippen LogP contribution in [0.2, 0.25) is 0 Å². The second-order valence-corrected chi connectivity index (χ2v) is 0.476. The van der Waals surface area contributed by atoms with Gasteiger partial charge >= 0.3 is 0 Å². The third-order valence-corrected chi connectivity index (χ3v) is 0.110. The molecule has 0 unspecified atom stereocenters. The molecule has 0 saturated heterocycles. The number of carbonyl (C=O) groups is 1. The highest BCUT2D eigenvalue weighted by atomic mass is 16.5. The molecule has 0 aliphatic heterocycles. The lowest BCUT2D eigenvalue weighted by atomic mass is 10.8. The predicted molar refractivity (Wildman–Crippen MR) is 14.2 cm³/mol. The van der Waals surface area contributed by atoms with Gasteiger partial charge < -0.3 is 0 Å². The summed E-state index contributed by atoms with van der Waals surface area (Å²) in [5.74, 6) is -0.940. The van der Waals surface area contributed by atoms with Crippen LogP contribution in [-0.2, 0) is 4.79 Å². The summed E-state index contributed by atoms with van der Waals surface area (Å²) >= 11 is 0. The molecule has 3 heteroatoms. The third-order valence-electron chi connectivity index (χ3n) is 0.110. The summed E-state index contributed by atoms with van der Waals surface area (Å²) in [7, 11) is 0. The zero-order valence-electron chi connectivity index (χ0n) is 2.43. The van der Waals surface area contributed by atoms with E-state index in [9.17, 15) is 4.79 Å². The van der Waals surface area contributed by atoms with Gasteiger partial charge in [-0.05, 0) is 0 Å². The van der Waals surface area contributed by atoms with Crippen LogP contribution < -0.4 is 5.48 Å². The topological polar surface area (TPSA) is 49.3 Å². The van der Waals surface area contributed by atoms with E-state index < -0.39 is 5.91 Å². The first-order chi connectivity index (χ1) is 2.27. The van der Waals surface area contributed by atoms with Crippen LogP contribution in [0.25, 0.3) is 0 Å². The van der Waals surface area contributed by atoms with Crippen molar-refractivity contribution in [2.75, 3.05) is 0 Å². The van der Waals surface area contributed by atoms with Crippen molar-refractivity contribution in [3.8, 4) is 0 Å². The molecule has 0 saturated carbocycles. The van der Waals surface area contributed by atoms with E-state index in [1.54, 1.807) is 0 Å².